The number of esters is 1. The first-order valence-corrected chi connectivity index (χ1v) is 10.9. The summed E-state index contributed by atoms with van der Waals surface area (Å²) in [6.45, 7) is 6.25. The zero-order valence-electron chi connectivity index (χ0n) is 18.6. The molecule has 0 N–H and O–H groups in total. The molecule has 6 nitrogen and oxygen atoms in total. The summed E-state index contributed by atoms with van der Waals surface area (Å²) in [7, 11) is 0. The van der Waals surface area contributed by atoms with Crippen molar-refractivity contribution >= 4 is 17.4 Å². The van der Waals surface area contributed by atoms with Crippen LogP contribution in [0.4, 0.5) is 5.69 Å². The van der Waals surface area contributed by atoms with Crippen molar-refractivity contribution in [2.45, 2.75) is 59.3 Å². The van der Waals surface area contributed by atoms with E-state index in [2.05, 4.69) is 19.9 Å². The normalized spacial score (nSPS) is 21.1. The van der Waals surface area contributed by atoms with E-state index in [1.165, 1.54) is 18.2 Å². The van der Waals surface area contributed by atoms with Gasteiger partial charge in [-0.05, 0) is 67.2 Å². The quantitative estimate of drug-likeness (QED) is 0.227. The minimum absolute atomic E-state index is 0.0528. The molecule has 0 amide bonds. The number of ketones is 1. The van der Waals surface area contributed by atoms with Crippen molar-refractivity contribution in [1.82, 2.24) is 0 Å². The summed E-state index contributed by atoms with van der Waals surface area (Å²) in [4.78, 5) is 35.6. The van der Waals surface area contributed by atoms with E-state index in [-0.39, 0.29) is 29.1 Å². The molecule has 0 heterocycles. The molecule has 0 saturated heterocycles. The van der Waals surface area contributed by atoms with Crippen LogP contribution in [0.5, 0.6) is 0 Å². The molecule has 1 aliphatic rings. The second-order valence-electron chi connectivity index (χ2n) is 7.81. The highest BCUT2D eigenvalue weighted by molar-refractivity contribution is 6.03. The smallest absolute Gasteiger partial charge is 0.345 e. The molecule has 0 bridgehead atoms. The van der Waals surface area contributed by atoms with Gasteiger partial charge in [0, 0.05) is 6.07 Å². The van der Waals surface area contributed by atoms with E-state index in [0.717, 1.165) is 30.4 Å². The number of carbonyl (C=O) groups excluding carboxylic acids is 2. The lowest BCUT2D eigenvalue weighted by molar-refractivity contribution is -0.385. The van der Waals surface area contributed by atoms with Gasteiger partial charge in [0.1, 0.15) is 12.2 Å². The van der Waals surface area contributed by atoms with Gasteiger partial charge in [-0.15, -0.1) is 0 Å². The van der Waals surface area contributed by atoms with E-state index in [9.17, 15) is 19.7 Å². The zero-order valence-corrected chi connectivity index (χ0v) is 18.6. The first-order valence-electron chi connectivity index (χ1n) is 10.9. The van der Waals surface area contributed by atoms with E-state index in [1.54, 1.807) is 12.1 Å². The predicted octanol–water partition coefficient (Wildman–Crippen LogP) is 6.13. The number of hydrogen-bond donors (Lipinski definition) is 0. The van der Waals surface area contributed by atoms with E-state index < -0.39 is 10.9 Å². The van der Waals surface area contributed by atoms with E-state index in [0.29, 0.717) is 19.3 Å². The van der Waals surface area contributed by atoms with Crippen molar-refractivity contribution in [3.8, 4) is 0 Å². The first-order chi connectivity index (χ1) is 14.9. The van der Waals surface area contributed by atoms with E-state index in [1.807, 2.05) is 19.1 Å². The Bertz CT molecular complexity index is 906. The van der Waals surface area contributed by atoms with Gasteiger partial charge in [0.2, 0.25) is 0 Å². The van der Waals surface area contributed by atoms with Gasteiger partial charge in [-0.2, -0.15) is 0 Å². The van der Waals surface area contributed by atoms with Crippen molar-refractivity contribution in [3.05, 3.63) is 75.4 Å². The first kappa shape index (κ1) is 24.3. The Morgan fingerprint density at radius 3 is 2.52 bits per heavy atom. The number of rotatable bonds is 7. The summed E-state index contributed by atoms with van der Waals surface area (Å²) in [5, 5.41) is 11.2. The van der Waals surface area contributed by atoms with Crippen LogP contribution in [0.3, 0.4) is 0 Å². The topological polar surface area (TPSA) is 86.5 Å². The average molecular weight is 426 g/mol. The number of para-hydroxylation sites is 1. The molecule has 0 aliphatic heterocycles. The Morgan fingerprint density at radius 2 is 1.87 bits per heavy atom. The molecule has 31 heavy (non-hydrogen) atoms. The minimum Gasteiger partial charge on any atom is -0.457 e. The number of allylic oxidation sites excluding steroid dienone is 5. The lowest BCUT2D eigenvalue weighted by Crippen LogP contribution is -2.16. The van der Waals surface area contributed by atoms with Gasteiger partial charge >= 0.3 is 5.97 Å². The van der Waals surface area contributed by atoms with Crippen molar-refractivity contribution in [2.24, 2.45) is 5.41 Å². The van der Waals surface area contributed by atoms with E-state index in [4.69, 9.17) is 4.74 Å². The molecule has 1 aromatic rings. The Labute approximate surface area is 183 Å². The predicted molar refractivity (Wildman–Crippen MR) is 121 cm³/mol. The van der Waals surface area contributed by atoms with Crippen LogP contribution in [0.2, 0.25) is 0 Å². The molecule has 2 rings (SSSR count). The molecule has 6 heteroatoms. The van der Waals surface area contributed by atoms with Crippen LogP contribution in [-0.4, -0.2) is 23.3 Å². The Morgan fingerprint density at radius 1 is 1.16 bits per heavy atom. The molecule has 1 aliphatic carbocycles. The van der Waals surface area contributed by atoms with Crippen molar-refractivity contribution in [2.75, 3.05) is 6.61 Å². The summed E-state index contributed by atoms with van der Waals surface area (Å²) in [5.41, 5.74) is 1.29. The Balaban J connectivity index is 2.24. The van der Waals surface area contributed by atoms with Crippen LogP contribution in [0.1, 0.15) is 69.7 Å². The average Bonchev–Trinajstić information content (AvgIpc) is 2.81. The minimum atomic E-state index is -0.709. The Hall–Kier alpha value is -3.02. The molecule has 1 aromatic carbocycles. The summed E-state index contributed by atoms with van der Waals surface area (Å²) < 4.78 is 5.45. The third kappa shape index (κ3) is 6.48. The lowest BCUT2D eigenvalue weighted by atomic mass is 9.78. The van der Waals surface area contributed by atoms with Crippen LogP contribution in [0, 0.1) is 15.5 Å². The maximum absolute atomic E-state index is 12.5. The SMILES string of the molecule is CC/C1=C/CC/C(COC(=O)c2ccccc2[N+](=O)[O-])=C\CC(CC)(CC)/C=C\C1=O. The molecule has 0 radical (unpaired) electrons. The largest absolute Gasteiger partial charge is 0.457 e. The Kier molecular flexibility index (Phi) is 8.91. The van der Waals surface area contributed by atoms with Crippen molar-refractivity contribution in [3.63, 3.8) is 0 Å². The maximum atomic E-state index is 12.5. The summed E-state index contributed by atoms with van der Waals surface area (Å²) in [5.74, 6) is -0.653. The third-order valence-corrected chi connectivity index (χ3v) is 6.06. The van der Waals surface area contributed by atoms with Gasteiger partial charge in [0.05, 0.1) is 4.92 Å². The van der Waals surface area contributed by atoms with Crippen LogP contribution in [0.15, 0.2) is 59.7 Å². The molecular formula is C25H31NO5. The van der Waals surface area contributed by atoms with Gasteiger partial charge in [-0.3, -0.25) is 14.9 Å². The molecule has 0 unspecified atom stereocenters. The fourth-order valence-corrected chi connectivity index (χ4v) is 3.68. The highest BCUT2D eigenvalue weighted by Crippen LogP contribution is 2.34. The number of nitro benzene ring substituents is 1. The number of benzene rings is 1. The zero-order chi connectivity index (χ0) is 22.9. The number of nitro groups is 1. The fourth-order valence-electron chi connectivity index (χ4n) is 3.68. The standard InChI is InChI=1S/C25H31NO5/c1-4-20-11-9-10-19(14-16-25(5-2,6-3)17-15-23(20)27)18-31-24(28)21-12-7-8-13-22(21)26(29)30/h7-8,11-15,17H,4-6,9-10,16,18H2,1-3H3/b17-15-,19-14+,20-11-. The molecular weight excluding hydrogens is 394 g/mol. The molecule has 0 spiro atoms. The van der Waals surface area contributed by atoms with Crippen LogP contribution in [0.25, 0.3) is 0 Å². The summed E-state index contributed by atoms with van der Waals surface area (Å²) in [6, 6.07) is 5.79. The van der Waals surface area contributed by atoms with Gasteiger partial charge in [-0.1, -0.05) is 51.1 Å². The van der Waals surface area contributed by atoms with Crippen molar-refractivity contribution < 1.29 is 19.2 Å². The van der Waals surface area contributed by atoms with Crippen LogP contribution < -0.4 is 0 Å². The van der Waals surface area contributed by atoms with E-state index >= 15 is 0 Å². The molecule has 0 aromatic heterocycles. The van der Waals surface area contributed by atoms with Gasteiger partial charge < -0.3 is 4.74 Å². The number of ether oxygens (including phenoxy) is 1. The molecule has 0 atom stereocenters. The number of nitrogens with zero attached hydrogens (tertiary/aromatic N) is 1. The number of carbonyl (C=O) groups is 2. The van der Waals surface area contributed by atoms with Gasteiger partial charge in [0.15, 0.2) is 5.78 Å². The van der Waals surface area contributed by atoms with Crippen LogP contribution >= 0.6 is 0 Å². The van der Waals surface area contributed by atoms with Gasteiger partial charge in [0.25, 0.3) is 5.69 Å². The highest BCUT2D eigenvalue weighted by Gasteiger charge is 2.24. The molecule has 0 saturated carbocycles. The third-order valence-electron chi connectivity index (χ3n) is 6.06. The van der Waals surface area contributed by atoms with Crippen LogP contribution in [-0.2, 0) is 9.53 Å². The summed E-state index contributed by atoms with van der Waals surface area (Å²) >= 11 is 0. The second kappa shape index (κ2) is 11.4. The molecule has 0 fully saturated rings. The number of hydrogen-bond acceptors (Lipinski definition) is 5. The van der Waals surface area contributed by atoms with Gasteiger partial charge in [-0.25, -0.2) is 4.79 Å². The lowest BCUT2D eigenvalue weighted by Gasteiger charge is -2.27. The monoisotopic (exact) mass is 425 g/mol. The van der Waals surface area contributed by atoms with Crippen molar-refractivity contribution in [1.29, 1.82) is 0 Å². The fraction of sp³-hybridized carbons (Fsp3) is 0.440. The maximum Gasteiger partial charge on any atom is 0.345 e. The highest BCUT2D eigenvalue weighted by atomic mass is 16.6. The second-order valence-corrected chi connectivity index (χ2v) is 7.81. The molecule has 166 valence electrons. The summed E-state index contributed by atoms with van der Waals surface area (Å²) in [6.07, 6.45) is 12.3.